The topological polar surface area (TPSA) is 32.8 Å². The minimum absolute atomic E-state index is 0.134. The molecule has 2 aliphatic rings. The van der Waals surface area contributed by atoms with Gasteiger partial charge in [0.15, 0.2) is 0 Å². The average Bonchev–Trinajstić information content (AvgIpc) is 2.60. The minimum Gasteiger partial charge on any atom is -0.450 e. The molecule has 2 saturated heterocycles. The van der Waals surface area contributed by atoms with Crippen molar-refractivity contribution in [3.05, 3.63) is 0 Å². The lowest BCUT2D eigenvalue weighted by Crippen LogP contribution is -2.47. The molecule has 0 bridgehead atoms. The lowest BCUT2D eigenvalue weighted by Gasteiger charge is -2.36. The Morgan fingerprint density at radius 1 is 1.40 bits per heavy atom. The van der Waals surface area contributed by atoms with E-state index in [1.165, 1.54) is 13.0 Å². The molecule has 4 nitrogen and oxygen atoms in total. The first-order valence-electron chi connectivity index (χ1n) is 5.84. The number of piperidine rings is 1. The van der Waals surface area contributed by atoms with Crippen LogP contribution in [0.5, 0.6) is 0 Å². The van der Waals surface area contributed by atoms with Crippen LogP contribution < -0.4 is 0 Å². The summed E-state index contributed by atoms with van der Waals surface area (Å²) in [6, 6.07) is 0.690. The first-order valence-corrected chi connectivity index (χ1v) is 5.84. The van der Waals surface area contributed by atoms with E-state index >= 15 is 0 Å². The van der Waals surface area contributed by atoms with Crippen LogP contribution in [0.3, 0.4) is 0 Å². The van der Waals surface area contributed by atoms with Crippen LogP contribution in [0.25, 0.3) is 0 Å². The summed E-state index contributed by atoms with van der Waals surface area (Å²) in [6.07, 6.45) is 2.18. The first-order chi connectivity index (χ1) is 7.22. The third-order valence-electron chi connectivity index (χ3n) is 3.64. The Balaban J connectivity index is 1.90. The number of rotatable bonds is 1. The van der Waals surface area contributed by atoms with E-state index in [4.69, 9.17) is 4.74 Å². The van der Waals surface area contributed by atoms with Gasteiger partial charge >= 0.3 is 6.09 Å². The monoisotopic (exact) mass is 212 g/mol. The van der Waals surface area contributed by atoms with Crippen molar-refractivity contribution in [3.8, 4) is 0 Å². The zero-order valence-electron chi connectivity index (χ0n) is 9.61. The van der Waals surface area contributed by atoms with Crippen molar-refractivity contribution in [3.63, 3.8) is 0 Å². The van der Waals surface area contributed by atoms with Crippen LogP contribution in [0.4, 0.5) is 4.79 Å². The summed E-state index contributed by atoms with van der Waals surface area (Å²) in [5, 5.41) is 0. The second kappa shape index (κ2) is 4.39. The molecular formula is C11H20N2O2. The van der Waals surface area contributed by atoms with Crippen molar-refractivity contribution in [1.29, 1.82) is 0 Å². The molecule has 2 atom stereocenters. The lowest BCUT2D eigenvalue weighted by molar-refractivity contribution is 0.0757. The normalized spacial score (nSPS) is 31.5. The number of ether oxygens (including phenoxy) is 1. The number of amides is 1. The summed E-state index contributed by atoms with van der Waals surface area (Å²) in [4.78, 5) is 15.8. The van der Waals surface area contributed by atoms with Crippen molar-refractivity contribution < 1.29 is 9.53 Å². The van der Waals surface area contributed by atoms with Gasteiger partial charge in [-0.3, -0.25) is 0 Å². The molecule has 0 N–H and O–H groups in total. The summed E-state index contributed by atoms with van der Waals surface area (Å²) >= 11 is 0. The van der Waals surface area contributed by atoms with E-state index < -0.39 is 0 Å². The quantitative estimate of drug-likeness (QED) is 0.654. The number of nitrogens with zero attached hydrogens (tertiary/aromatic N) is 2. The molecule has 0 radical (unpaired) electrons. The van der Waals surface area contributed by atoms with Crippen LogP contribution in [0.2, 0.25) is 0 Å². The highest BCUT2D eigenvalue weighted by Gasteiger charge is 2.37. The molecule has 2 unspecified atom stereocenters. The van der Waals surface area contributed by atoms with E-state index in [1.807, 2.05) is 11.8 Å². The molecule has 0 aromatic heterocycles. The third kappa shape index (κ3) is 2.09. The number of carbonyl (C=O) groups excluding carboxylic acids is 1. The van der Waals surface area contributed by atoms with Crippen LogP contribution in [-0.4, -0.2) is 55.2 Å². The maximum Gasteiger partial charge on any atom is 0.409 e. The number of carbonyl (C=O) groups is 1. The van der Waals surface area contributed by atoms with Crippen molar-refractivity contribution in [2.75, 3.05) is 33.3 Å². The molecule has 0 saturated carbocycles. The van der Waals surface area contributed by atoms with E-state index in [9.17, 15) is 4.79 Å². The molecule has 86 valence electrons. The minimum atomic E-state index is -0.134. The number of hydrogen-bond donors (Lipinski definition) is 0. The Morgan fingerprint density at radius 3 is 2.93 bits per heavy atom. The summed E-state index contributed by atoms with van der Waals surface area (Å²) in [6.45, 7) is 5.24. The zero-order valence-corrected chi connectivity index (χ0v) is 9.61. The third-order valence-corrected chi connectivity index (χ3v) is 3.64. The SMILES string of the molecule is CCOC(=O)N1CCC2C(CCN2C)C1. The maximum absolute atomic E-state index is 11.6. The highest BCUT2D eigenvalue weighted by Crippen LogP contribution is 2.30. The Hall–Kier alpha value is -0.770. The van der Waals surface area contributed by atoms with Gasteiger partial charge < -0.3 is 14.5 Å². The van der Waals surface area contributed by atoms with Crippen molar-refractivity contribution in [2.24, 2.45) is 5.92 Å². The molecule has 0 spiro atoms. The molecule has 2 heterocycles. The second-order valence-electron chi connectivity index (χ2n) is 4.53. The Kier molecular flexibility index (Phi) is 3.14. The maximum atomic E-state index is 11.6. The van der Waals surface area contributed by atoms with E-state index in [0.29, 0.717) is 18.6 Å². The Labute approximate surface area is 91.2 Å². The zero-order chi connectivity index (χ0) is 10.8. The Bertz CT molecular complexity index is 245. The van der Waals surface area contributed by atoms with Gasteiger partial charge in [0.25, 0.3) is 0 Å². The fraction of sp³-hybridized carbons (Fsp3) is 0.909. The highest BCUT2D eigenvalue weighted by molar-refractivity contribution is 5.67. The second-order valence-corrected chi connectivity index (χ2v) is 4.53. The molecule has 0 aromatic carbocycles. The van der Waals surface area contributed by atoms with Gasteiger partial charge in [-0.05, 0) is 39.3 Å². The molecule has 4 heteroatoms. The molecule has 2 aliphatic heterocycles. The van der Waals surface area contributed by atoms with E-state index in [-0.39, 0.29) is 6.09 Å². The van der Waals surface area contributed by atoms with Gasteiger partial charge in [0, 0.05) is 19.1 Å². The van der Waals surface area contributed by atoms with Crippen molar-refractivity contribution in [2.45, 2.75) is 25.8 Å². The molecule has 0 aromatic rings. The fourth-order valence-electron chi connectivity index (χ4n) is 2.80. The van der Waals surface area contributed by atoms with Crippen LogP contribution in [0.15, 0.2) is 0 Å². The van der Waals surface area contributed by atoms with Gasteiger partial charge in [-0.2, -0.15) is 0 Å². The average molecular weight is 212 g/mol. The number of hydrogen-bond acceptors (Lipinski definition) is 3. The highest BCUT2D eigenvalue weighted by atomic mass is 16.6. The molecule has 1 amide bonds. The van der Waals surface area contributed by atoms with Gasteiger partial charge in [0.1, 0.15) is 0 Å². The van der Waals surface area contributed by atoms with Gasteiger partial charge in [-0.25, -0.2) is 4.79 Å². The van der Waals surface area contributed by atoms with Crippen LogP contribution in [0.1, 0.15) is 19.8 Å². The smallest absolute Gasteiger partial charge is 0.409 e. The van der Waals surface area contributed by atoms with Crippen molar-refractivity contribution >= 4 is 6.09 Å². The van der Waals surface area contributed by atoms with E-state index in [0.717, 1.165) is 19.5 Å². The summed E-state index contributed by atoms with van der Waals surface area (Å²) < 4.78 is 5.03. The molecular weight excluding hydrogens is 192 g/mol. The predicted molar refractivity (Wildman–Crippen MR) is 57.7 cm³/mol. The fourth-order valence-corrected chi connectivity index (χ4v) is 2.80. The van der Waals surface area contributed by atoms with Gasteiger partial charge in [-0.1, -0.05) is 0 Å². The molecule has 2 rings (SSSR count). The van der Waals surface area contributed by atoms with Gasteiger partial charge in [-0.15, -0.1) is 0 Å². The number of likely N-dealkylation sites (tertiary alicyclic amines) is 2. The van der Waals surface area contributed by atoms with Crippen LogP contribution >= 0.6 is 0 Å². The van der Waals surface area contributed by atoms with Crippen molar-refractivity contribution in [1.82, 2.24) is 9.80 Å². The molecule has 2 fully saturated rings. The standard InChI is InChI=1S/C11H20N2O2/c1-3-15-11(14)13-7-5-10-9(8-13)4-6-12(10)2/h9-10H,3-8H2,1-2H3. The van der Waals surface area contributed by atoms with E-state index in [1.54, 1.807) is 0 Å². The van der Waals surface area contributed by atoms with Gasteiger partial charge in [0.05, 0.1) is 6.61 Å². The Morgan fingerprint density at radius 2 is 2.20 bits per heavy atom. The largest absolute Gasteiger partial charge is 0.450 e. The lowest BCUT2D eigenvalue weighted by atomic mass is 9.93. The molecule has 0 aliphatic carbocycles. The number of fused-ring (bicyclic) bond motifs is 1. The summed E-state index contributed by atoms with van der Waals surface area (Å²) in [7, 11) is 2.19. The van der Waals surface area contributed by atoms with Gasteiger partial charge in [0.2, 0.25) is 0 Å². The predicted octanol–water partition coefficient (Wildman–Crippen LogP) is 1.17. The first kappa shape index (κ1) is 10.7. The van der Waals surface area contributed by atoms with Crippen LogP contribution in [0, 0.1) is 5.92 Å². The summed E-state index contributed by atoms with van der Waals surface area (Å²) in [5.41, 5.74) is 0. The summed E-state index contributed by atoms with van der Waals surface area (Å²) in [5.74, 6) is 0.660. The van der Waals surface area contributed by atoms with E-state index in [2.05, 4.69) is 11.9 Å². The van der Waals surface area contributed by atoms with Crippen LogP contribution in [-0.2, 0) is 4.74 Å². The molecule has 15 heavy (non-hydrogen) atoms.